The zero-order valence-corrected chi connectivity index (χ0v) is 27.8. The Labute approximate surface area is 285 Å². The number of anilines is 2. The number of amides is 2. The van der Waals surface area contributed by atoms with Gasteiger partial charge in [-0.25, -0.2) is 33.1 Å². The van der Waals surface area contributed by atoms with Crippen LogP contribution in [0.1, 0.15) is 38.2 Å². The van der Waals surface area contributed by atoms with Crippen molar-refractivity contribution in [1.82, 2.24) is 29.1 Å². The highest BCUT2D eigenvalue weighted by Gasteiger charge is 2.55. The molecule has 0 spiro atoms. The van der Waals surface area contributed by atoms with Crippen LogP contribution in [0.25, 0.3) is 11.1 Å². The third kappa shape index (κ3) is 5.32. The number of sulfonamides is 1. The third-order valence-corrected chi connectivity index (χ3v) is 11.5. The summed E-state index contributed by atoms with van der Waals surface area (Å²) < 4.78 is 31.4. The van der Waals surface area contributed by atoms with Crippen molar-refractivity contribution in [2.24, 2.45) is 0 Å². The molecule has 13 nitrogen and oxygen atoms in total. The normalized spacial score (nSPS) is 21.7. The second-order valence-corrected chi connectivity index (χ2v) is 15.1. The molecule has 1 saturated carbocycles. The van der Waals surface area contributed by atoms with Gasteiger partial charge in [0.15, 0.2) is 5.03 Å². The van der Waals surface area contributed by atoms with Gasteiger partial charge >= 0.3 is 5.97 Å². The first-order valence-corrected chi connectivity index (χ1v) is 17.3. The molecule has 2 unspecified atom stereocenters. The van der Waals surface area contributed by atoms with Gasteiger partial charge in [0.2, 0.25) is 11.9 Å². The fourth-order valence-electron chi connectivity index (χ4n) is 6.52. The van der Waals surface area contributed by atoms with Gasteiger partial charge in [-0.05, 0) is 61.9 Å². The Morgan fingerprint density at radius 1 is 1.02 bits per heavy atom. The fourth-order valence-corrected chi connectivity index (χ4v) is 8.88. The highest BCUT2D eigenvalue weighted by atomic mass is 35.5. The first-order chi connectivity index (χ1) is 22.8. The minimum atomic E-state index is -4.44. The summed E-state index contributed by atoms with van der Waals surface area (Å²) in [7, 11) is -4.44. The third-order valence-electron chi connectivity index (χ3n) is 9.17. The van der Waals surface area contributed by atoms with E-state index in [1.807, 2.05) is 24.3 Å². The first kappa shape index (κ1) is 32.2. The molecule has 2 amide bonds. The Morgan fingerprint density at radius 2 is 1.69 bits per heavy atom. The van der Waals surface area contributed by atoms with Crippen molar-refractivity contribution in [2.75, 3.05) is 11.4 Å². The van der Waals surface area contributed by atoms with Crippen LogP contribution in [0.3, 0.4) is 0 Å². The minimum absolute atomic E-state index is 0.0317. The molecule has 0 radical (unpaired) electrons. The number of rotatable bonds is 9. The second-order valence-electron chi connectivity index (χ2n) is 12.4. The maximum atomic E-state index is 14.5. The summed E-state index contributed by atoms with van der Waals surface area (Å²) in [5.41, 5.74) is -0.167. The monoisotopic (exact) mass is 709 g/mol. The van der Waals surface area contributed by atoms with E-state index in [2.05, 4.69) is 20.3 Å². The predicted octanol–water partition coefficient (Wildman–Crippen LogP) is 4.17. The predicted molar refractivity (Wildman–Crippen MR) is 175 cm³/mol. The molecule has 2 fully saturated rings. The topological polar surface area (TPSA) is 168 Å². The number of fused-ring (bicyclic) bond motifs is 1. The summed E-state index contributed by atoms with van der Waals surface area (Å²) in [6.07, 6.45) is 7.22. The molecule has 48 heavy (non-hydrogen) atoms. The van der Waals surface area contributed by atoms with E-state index in [-0.39, 0.29) is 53.2 Å². The van der Waals surface area contributed by atoms with E-state index in [0.717, 1.165) is 21.0 Å². The number of nitrogens with one attached hydrogen (secondary N) is 1. The Morgan fingerprint density at radius 3 is 2.31 bits per heavy atom. The molecule has 2 aromatic carbocycles. The van der Waals surface area contributed by atoms with E-state index < -0.39 is 44.9 Å². The molecule has 1 aliphatic carbocycles. The van der Waals surface area contributed by atoms with Crippen molar-refractivity contribution in [3.05, 3.63) is 83.0 Å². The van der Waals surface area contributed by atoms with Crippen molar-refractivity contribution >= 4 is 62.6 Å². The lowest BCUT2D eigenvalue weighted by Gasteiger charge is -2.29. The molecule has 16 heteroatoms. The van der Waals surface area contributed by atoms with Crippen LogP contribution in [0.15, 0.2) is 72.4 Å². The van der Waals surface area contributed by atoms with Crippen LogP contribution in [0.2, 0.25) is 10.0 Å². The van der Waals surface area contributed by atoms with Crippen LogP contribution in [0, 0.1) is 0 Å². The number of benzene rings is 2. The van der Waals surface area contributed by atoms with Crippen molar-refractivity contribution in [2.45, 2.75) is 61.2 Å². The van der Waals surface area contributed by atoms with Crippen molar-refractivity contribution in [1.29, 1.82) is 0 Å². The van der Waals surface area contributed by atoms with E-state index in [1.165, 1.54) is 40.2 Å². The van der Waals surface area contributed by atoms with Gasteiger partial charge in [0.1, 0.15) is 23.4 Å². The van der Waals surface area contributed by atoms with E-state index in [0.29, 0.717) is 12.1 Å². The van der Waals surface area contributed by atoms with E-state index in [1.54, 1.807) is 19.3 Å². The number of aromatic nitrogens is 4. The number of hydrogen-bond acceptors (Lipinski definition) is 8. The molecule has 2 aliphatic heterocycles. The maximum Gasteiger partial charge on any atom is 0.329 e. The van der Waals surface area contributed by atoms with E-state index in [9.17, 15) is 27.9 Å². The zero-order chi connectivity index (χ0) is 34.0. The van der Waals surface area contributed by atoms with Gasteiger partial charge in [-0.15, -0.1) is 0 Å². The zero-order valence-electron chi connectivity index (χ0n) is 25.5. The van der Waals surface area contributed by atoms with Crippen molar-refractivity contribution < 1.29 is 27.9 Å². The van der Waals surface area contributed by atoms with Gasteiger partial charge in [-0.1, -0.05) is 47.5 Å². The van der Waals surface area contributed by atoms with E-state index >= 15 is 0 Å². The number of imidazole rings is 1. The number of carboxylic acid groups (broad SMARTS) is 1. The van der Waals surface area contributed by atoms with Gasteiger partial charge in [0.25, 0.3) is 15.9 Å². The quantitative estimate of drug-likeness (QED) is 0.259. The van der Waals surface area contributed by atoms with Crippen LogP contribution in [-0.4, -0.2) is 73.3 Å². The molecule has 3 aliphatic rings. The SMILES string of the molecule is CC1(Cc2ccc(-c3cncnc3)cc2)C(=O)N(c2cc(Cl)cc(Cl)c2)c2ncc(S(=O)(=O)N3CCCC3C(=O)NC3(C(=O)O)CC3)n21. The van der Waals surface area contributed by atoms with Crippen LogP contribution in [0.5, 0.6) is 0 Å². The molecule has 2 atom stereocenters. The summed E-state index contributed by atoms with van der Waals surface area (Å²) >= 11 is 12.6. The number of hydrogen-bond donors (Lipinski definition) is 2. The average molecular weight is 711 g/mol. The molecular weight excluding hydrogens is 681 g/mol. The molecule has 4 heterocycles. The van der Waals surface area contributed by atoms with Crippen LogP contribution < -0.4 is 10.2 Å². The second kappa shape index (κ2) is 11.7. The molecule has 248 valence electrons. The summed E-state index contributed by atoms with van der Waals surface area (Å²) in [4.78, 5) is 53.4. The van der Waals surface area contributed by atoms with Crippen molar-refractivity contribution in [3.63, 3.8) is 0 Å². The largest absolute Gasteiger partial charge is 0.480 e. The summed E-state index contributed by atoms with van der Waals surface area (Å²) in [5, 5.41) is 12.4. The molecule has 1 saturated heterocycles. The minimum Gasteiger partial charge on any atom is -0.480 e. The van der Waals surface area contributed by atoms with Gasteiger partial charge < -0.3 is 10.4 Å². The highest BCUT2D eigenvalue weighted by molar-refractivity contribution is 7.89. The van der Waals surface area contributed by atoms with Crippen molar-refractivity contribution in [3.8, 4) is 11.1 Å². The van der Waals surface area contributed by atoms with Gasteiger partial charge in [-0.3, -0.25) is 14.2 Å². The molecule has 2 N–H and O–H groups in total. The summed E-state index contributed by atoms with van der Waals surface area (Å²) in [6.45, 7) is 1.67. The molecule has 7 rings (SSSR count). The fraction of sp³-hybridized carbons (Fsp3) is 0.312. The molecule has 0 bridgehead atoms. The van der Waals surface area contributed by atoms with E-state index in [4.69, 9.17) is 23.2 Å². The lowest BCUT2D eigenvalue weighted by atomic mass is 9.91. The summed E-state index contributed by atoms with van der Waals surface area (Å²) in [6, 6.07) is 10.9. The van der Waals surface area contributed by atoms with Gasteiger partial charge in [0.05, 0.1) is 11.9 Å². The number of nitrogens with zero attached hydrogens (tertiary/aromatic N) is 6. The number of halogens is 2. The Hall–Kier alpha value is -4.37. The number of carbonyl (C=O) groups excluding carboxylic acids is 2. The molecular formula is C32H29Cl2N7O6S. The van der Waals surface area contributed by atoms with Crippen LogP contribution >= 0.6 is 23.2 Å². The first-order valence-electron chi connectivity index (χ1n) is 15.1. The maximum absolute atomic E-state index is 14.5. The molecule has 4 aromatic rings. The van der Waals surface area contributed by atoms with Crippen LogP contribution in [-0.2, 0) is 36.4 Å². The Bertz CT molecular complexity index is 2050. The van der Waals surface area contributed by atoms with Crippen LogP contribution in [0.4, 0.5) is 11.6 Å². The highest BCUT2D eigenvalue weighted by Crippen LogP contribution is 2.45. The smallest absolute Gasteiger partial charge is 0.329 e. The Kier molecular flexibility index (Phi) is 7.81. The number of aliphatic carboxylic acids is 1. The number of carbonyl (C=O) groups is 3. The number of carboxylic acids is 1. The lowest BCUT2D eigenvalue weighted by molar-refractivity contribution is -0.143. The molecule has 2 aromatic heterocycles. The standard InChI is InChI=1S/C32H29Cl2N7O6S/c1-31(14-19-4-6-20(7-5-19)21-15-35-18-36-16-21)28(43)40(24-12-22(33)11-23(34)13-24)30-37-17-26(41(30)31)48(46,47)39-10-2-3-25(39)27(42)38-32(8-9-32)29(44)45/h4-7,11-13,15-18,25H,2-3,8-10,14H2,1H3,(H,38,42)(H,44,45). The van der Waals surface area contributed by atoms with Gasteiger partial charge in [-0.2, -0.15) is 4.31 Å². The lowest BCUT2D eigenvalue weighted by Crippen LogP contribution is -2.52. The Balaban J connectivity index is 1.29. The summed E-state index contributed by atoms with van der Waals surface area (Å²) in [5.74, 6) is -2.25. The van der Waals surface area contributed by atoms with Gasteiger partial charge in [0, 0.05) is 41.0 Å². The average Bonchev–Trinajstić information content (AvgIpc) is 3.37.